The summed E-state index contributed by atoms with van der Waals surface area (Å²) < 4.78 is 39.2. The van der Waals surface area contributed by atoms with Crippen molar-refractivity contribution in [2.24, 2.45) is 0 Å². The SMILES string of the molecule is O=C1C(Nc2cccc(C(F)(F)F)c2)=C(c2cccs2)C(=O)N1Cc1ccccc1. The smallest absolute Gasteiger partial charge is 0.350 e. The van der Waals surface area contributed by atoms with Crippen molar-refractivity contribution < 1.29 is 22.8 Å². The number of carbonyl (C=O) groups is 2. The van der Waals surface area contributed by atoms with Crippen LogP contribution < -0.4 is 5.32 Å². The highest BCUT2D eigenvalue weighted by atomic mass is 32.1. The van der Waals surface area contributed by atoms with Crippen molar-refractivity contribution in [3.05, 3.63) is 93.8 Å². The number of rotatable bonds is 5. The van der Waals surface area contributed by atoms with Crippen LogP contribution in [0.4, 0.5) is 18.9 Å². The number of carbonyl (C=O) groups excluding carboxylic acids is 2. The van der Waals surface area contributed by atoms with Crippen molar-refractivity contribution in [1.29, 1.82) is 0 Å². The first-order valence-electron chi connectivity index (χ1n) is 8.97. The number of nitrogens with zero attached hydrogens (tertiary/aromatic N) is 1. The summed E-state index contributed by atoms with van der Waals surface area (Å²) in [5.74, 6) is -1.06. The largest absolute Gasteiger partial charge is 0.416 e. The number of alkyl halides is 3. The van der Waals surface area contributed by atoms with Crippen molar-refractivity contribution >= 4 is 34.4 Å². The molecule has 0 aliphatic carbocycles. The summed E-state index contributed by atoms with van der Waals surface area (Å²) in [6.07, 6.45) is -4.52. The minimum Gasteiger partial charge on any atom is -0.350 e. The highest BCUT2D eigenvalue weighted by molar-refractivity contribution is 7.11. The molecule has 0 atom stereocenters. The fraction of sp³-hybridized carbons (Fsp3) is 0.0909. The zero-order valence-corrected chi connectivity index (χ0v) is 16.3. The molecule has 0 unspecified atom stereocenters. The summed E-state index contributed by atoms with van der Waals surface area (Å²) in [6, 6.07) is 17.0. The van der Waals surface area contributed by atoms with Gasteiger partial charge in [0.2, 0.25) is 0 Å². The maximum Gasteiger partial charge on any atom is 0.416 e. The predicted octanol–water partition coefficient (Wildman–Crippen LogP) is 5.16. The molecule has 4 nitrogen and oxygen atoms in total. The maximum absolute atomic E-state index is 13.1. The fourth-order valence-electron chi connectivity index (χ4n) is 3.17. The van der Waals surface area contributed by atoms with E-state index in [0.717, 1.165) is 22.6 Å². The molecular formula is C22H15F3N2O2S. The van der Waals surface area contributed by atoms with Crippen LogP contribution in [0.1, 0.15) is 16.0 Å². The molecule has 1 aliphatic heterocycles. The monoisotopic (exact) mass is 428 g/mol. The Labute approximate surface area is 174 Å². The molecule has 0 radical (unpaired) electrons. The van der Waals surface area contributed by atoms with E-state index in [4.69, 9.17) is 0 Å². The molecule has 3 aromatic rings. The molecule has 152 valence electrons. The van der Waals surface area contributed by atoms with Crippen LogP contribution in [0.15, 0.2) is 77.8 Å². The number of imide groups is 1. The molecule has 0 bridgehead atoms. The van der Waals surface area contributed by atoms with Gasteiger partial charge in [-0.2, -0.15) is 13.2 Å². The van der Waals surface area contributed by atoms with Gasteiger partial charge in [-0.05, 0) is 35.2 Å². The van der Waals surface area contributed by atoms with Gasteiger partial charge in [0.25, 0.3) is 11.8 Å². The highest BCUT2D eigenvalue weighted by Crippen LogP contribution is 2.35. The predicted molar refractivity (Wildman–Crippen MR) is 108 cm³/mol. The van der Waals surface area contributed by atoms with Crippen molar-refractivity contribution in [2.45, 2.75) is 12.7 Å². The van der Waals surface area contributed by atoms with E-state index in [9.17, 15) is 22.8 Å². The Morgan fingerprint density at radius 1 is 0.900 bits per heavy atom. The van der Waals surface area contributed by atoms with Gasteiger partial charge in [-0.15, -0.1) is 11.3 Å². The first kappa shape index (κ1) is 19.9. The quantitative estimate of drug-likeness (QED) is 0.571. The number of benzene rings is 2. The molecule has 0 fully saturated rings. The first-order valence-corrected chi connectivity index (χ1v) is 9.85. The molecule has 0 spiro atoms. The minimum atomic E-state index is -4.52. The number of amides is 2. The van der Waals surface area contributed by atoms with Crippen LogP contribution in [0.25, 0.3) is 5.57 Å². The van der Waals surface area contributed by atoms with E-state index in [1.54, 1.807) is 41.8 Å². The highest BCUT2D eigenvalue weighted by Gasteiger charge is 2.40. The average molecular weight is 428 g/mol. The number of halogens is 3. The number of hydrogen-bond acceptors (Lipinski definition) is 4. The molecule has 8 heteroatoms. The van der Waals surface area contributed by atoms with Gasteiger partial charge in [0.15, 0.2) is 0 Å². The Hall–Kier alpha value is -3.39. The van der Waals surface area contributed by atoms with Gasteiger partial charge in [0.1, 0.15) is 5.70 Å². The molecule has 0 saturated heterocycles. The standard InChI is InChI=1S/C22H15F3N2O2S/c23-22(24,25)15-8-4-9-16(12-15)26-19-18(17-10-5-11-30-17)20(28)27(21(19)29)13-14-6-2-1-3-7-14/h1-12,26H,13H2. The third-order valence-electron chi connectivity index (χ3n) is 4.58. The second-order valence-electron chi connectivity index (χ2n) is 6.61. The number of thiophene rings is 1. The van der Waals surface area contributed by atoms with Gasteiger partial charge in [-0.1, -0.05) is 42.5 Å². The lowest BCUT2D eigenvalue weighted by Gasteiger charge is -2.15. The second-order valence-corrected chi connectivity index (χ2v) is 7.56. The van der Waals surface area contributed by atoms with Crippen molar-refractivity contribution in [2.75, 3.05) is 5.32 Å². The molecule has 1 aliphatic rings. The Morgan fingerprint density at radius 2 is 1.67 bits per heavy atom. The van der Waals surface area contributed by atoms with Crippen molar-refractivity contribution in [3.8, 4) is 0 Å². The third kappa shape index (κ3) is 3.86. The van der Waals surface area contributed by atoms with E-state index in [1.165, 1.54) is 23.5 Å². The fourth-order valence-corrected chi connectivity index (χ4v) is 3.94. The zero-order valence-electron chi connectivity index (χ0n) is 15.4. The summed E-state index contributed by atoms with van der Waals surface area (Å²) in [5.41, 5.74) is 0.131. The van der Waals surface area contributed by atoms with Crippen LogP contribution >= 0.6 is 11.3 Å². The van der Waals surface area contributed by atoms with E-state index in [0.29, 0.717) is 4.88 Å². The molecule has 1 N–H and O–H groups in total. The van der Waals surface area contributed by atoms with E-state index >= 15 is 0 Å². The summed E-state index contributed by atoms with van der Waals surface area (Å²) in [7, 11) is 0. The van der Waals surface area contributed by atoms with Crippen LogP contribution in [0.2, 0.25) is 0 Å². The van der Waals surface area contributed by atoms with Gasteiger partial charge in [-0.25, -0.2) is 0 Å². The van der Waals surface area contributed by atoms with Crippen LogP contribution in [0.3, 0.4) is 0 Å². The van der Waals surface area contributed by atoms with Gasteiger partial charge in [0, 0.05) is 10.6 Å². The Kier molecular flexibility index (Phi) is 5.17. The number of nitrogens with one attached hydrogen (secondary N) is 1. The van der Waals surface area contributed by atoms with E-state index in [-0.39, 0.29) is 23.5 Å². The van der Waals surface area contributed by atoms with Crippen LogP contribution in [-0.4, -0.2) is 16.7 Å². The van der Waals surface area contributed by atoms with E-state index in [1.807, 2.05) is 6.07 Å². The lowest BCUT2D eigenvalue weighted by atomic mass is 10.1. The van der Waals surface area contributed by atoms with Crippen molar-refractivity contribution in [3.63, 3.8) is 0 Å². The van der Waals surface area contributed by atoms with Crippen LogP contribution in [0.5, 0.6) is 0 Å². The van der Waals surface area contributed by atoms with Crippen molar-refractivity contribution in [1.82, 2.24) is 4.90 Å². The Morgan fingerprint density at radius 3 is 2.33 bits per heavy atom. The lowest BCUT2D eigenvalue weighted by molar-refractivity contribution is -0.138. The van der Waals surface area contributed by atoms with Crippen LogP contribution in [0, 0.1) is 0 Å². The molecule has 2 aromatic carbocycles. The topological polar surface area (TPSA) is 49.4 Å². The summed E-state index contributed by atoms with van der Waals surface area (Å²) in [6.45, 7) is 0.0706. The lowest BCUT2D eigenvalue weighted by Crippen LogP contribution is -2.31. The average Bonchev–Trinajstić information content (AvgIpc) is 3.32. The Balaban J connectivity index is 1.71. The van der Waals surface area contributed by atoms with E-state index in [2.05, 4.69) is 5.32 Å². The molecular weight excluding hydrogens is 413 g/mol. The first-order chi connectivity index (χ1) is 14.3. The van der Waals surface area contributed by atoms with E-state index < -0.39 is 23.6 Å². The van der Waals surface area contributed by atoms with Gasteiger partial charge < -0.3 is 5.32 Å². The Bertz CT molecular complexity index is 1120. The van der Waals surface area contributed by atoms with Crippen LogP contribution in [-0.2, 0) is 22.3 Å². The maximum atomic E-state index is 13.1. The summed E-state index contributed by atoms with van der Waals surface area (Å²) in [4.78, 5) is 27.8. The molecule has 2 heterocycles. The molecule has 2 amide bonds. The summed E-state index contributed by atoms with van der Waals surface area (Å²) in [5, 5.41) is 4.53. The zero-order chi connectivity index (χ0) is 21.3. The number of hydrogen-bond donors (Lipinski definition) is 1. The third-order valence-corrected chi connectivity index (χ3v) is 5.47. The summed E-state index contributed by atoms with van der Waals surface area (Å²) >= 11 is 1.28. The van der Waals surface area contributed by atoms with Gasteiger partial charge in [0.05, 0.1) is 17.7 Å². The molecule has 4 rings (SSSR count). The molecule has 1 aromatic heterocycles. The minimum absolute atomic E-state index is 0.0299. The molecule has 0 saturated carbocycles. The van der Waals surface area contributed by atoms with Gasteiger partial charge >= 0.3 is 6.18 Å². The van der Waals surface area contributed by atoms with Gasteiger partial charge in [-0.3, -0.25) is 14.5 Å². The number of anilines is 1. The molecule has 30 heavy (non-hydrogen) atoms. The second kappa shape index (κ2) is 7.79. The normalized spacial score (nSPS) is 14.6.